The molecule has 0 rings (SSSR count). The van der Waals surface area contributed by atoms with Gasteiger partial charge in [-0.15, -0.1) is 0 Å². The molecule has 0 amide bonds. The summed E-state index contributed by atoms with van der Waals surface area (Å²) in [5.41, 5.74) is -0.0621. The van der Waals surface area contributed by atoms with Crippen LogP contribution in [0.4, 0.5) is 0 Å². The van der Waals surface area contributed by atoms with Crippen molar-refractivity contribution in [2.75, 3.05) is 6.61 Å². The number of rotatable bonds is 8. The molecule has 0 aliphatic carbocycles. The average Bonchev–Trinajstić information content (AvgIpc) is 2.33. The van der Waals surface area contributed by atoms with Crippen molar-refractivity contribution >= 4 is 14.3 Å². The fraction of sp³-hybridized carbons (Fsp3) is 0.750. The number of hydrogen-bond acceptors (Lipinski definition) is 3. The first-order valence-electron chi connectivity index (χ1n) is 6.07. The predicted octanol–water partition coefficient (Wildman–Crippen LogP) is 3.06. The molecule has 0 saturated heterocycles. The van der Waals surface area contributed by atoms with Crippen molar-refractivity contribution in [1.82, 2.24) is 0 Å². The molecule has 0 spiro atoms. The van der Waals surface area contributed by atoms with Crippen LogP contribution in [0.2, 0.25) is 12.1 Å². The first-order chi connectivity index (χ1) is 7.60. The fourth-order valence-corrected chi connectivity index (χ4v) is 5.70. The topological polar surface area (TPSA) is 35.5 Å². The summed E-state index contributed by atoms with van der Waals surface area (Å²) in [7, 11) is -1.94. The summed E-state index contributed by atoms with van der Waals surface area (Å²) in [6.45, 7) is 12.4. The molecule has 0 aliphatic heterocycles. The summed E-state index contributed by atoms with van der Waals surface area (Å²) >= 11 is 0. The molecule has 0 aromatic heterocycles. The van der Waals surface area contributed by atoms with Crippen LogP contribution in [-0.4, -0.2) is 26.6 Å². The van der Waals surface area contributed by atoms with Crippen LogP contribution in [0.1, 0.15) is 34.1 Å². The van der Waals surface area contributed by atoms with E-state index in [0.717, 1.165) is 18.5 Å². The van der Waals surface area contributed by atoms with E-state index in [1.807, 2.05) is 13.8 Å². The second-order valence-electron chi connectivity index (χ2n) is 3.74. The standard InChI is InChI=1S/C12H24O3Si/c1-6-11(13)15-12(7-2)16(9-4,10-5)14-8-3/h6,12H,1,7-10H2,2-5H3. The van der Waals surface area contributed by atoms with Crippen LogP contribution in [0.25, 0.3) is 0 Å². The highest BCUT2D eigenvalue weighted by atomic mass is 28.4. The Bertz CT molecular complexity index is 224. The molecular weight excluding hydrogens is 220 g/mol. The summed E-state index contributed by atoms with van der Waals surface area (Å²) in [6, 6.07) is 1.94. The second kappa shape index (κ2) is 7.63. The van der Waals surface area contributed by atoms with Crippen LogP contribution in [0.5, 0.6) is 0 Å². The van der Waals surface area contributed by atoms with Gasteiger partial charge in [-0.05, 0) is 25.4 Å². The Labute approximate surface area is 100.0 Å². The molecule has 0 saturated carbocycles. The Morgan fingerprint density at radius 2 is 1.88 bits per heavy atom. The summed E-state index contributed by atoms with van der Waals surface area (Å²) in [5, 5.41) is 0. The number of carbonyl (C=O) groups is 1. The van der Waals surface area contributed by atoms with Crippen molar-refractivity contribution in [1.29, 1.82) is 0 Å². The van der Waals surface area contributed by atoms with E-state index < -0.39 is 8.32 Å². The maximum Gasteiger partial charge on any atom is 0.330 e. The molecule has 1 unspecified atom stereocenters. The number of carbonyl (C=O) groups excluding carboxylic acids is 1. The van der Waals surface area contributed by atoms with E-state index in [4.69, 9.17) is 9.16 Å². The zero-order valence-corrected chi connectivity index (χ0v) is 11.9. The average molecular weight is 244 g/mol. The highest BCUT2D eigenvalue weighted by molar-refractivity contribution is 6.75. The van der Waals surface area contributed by atoms with E-state index in [2.05, 4.69) is 20.4 Å². The lowest BCUT2D eigenvalue weighted by molar-refractivity contribution is -0.140. The van der Waals surface area contributed by atoms with Crippen LogP contribution >= 0.6 is 0 Å². The number of ether oxygens (including phenoxy) is 1. The minimum absolute atomic E-state index is 0.0621. The normalized spacial score (nSPS) is 13.2. The van der Waals surface area contributed by atoms with Crippen molar-refractivity contribution < 1.29 is 14.0 Å². The minimum atomic E-state index is -1.94. The Hall–Kier alpha value is -0.613. The molecule has 16 heavy (non-hydrogen) atoms. The van der Waals surface area contributed by atoms with E-state index in [9.17, 15) is 4.79 Å². The fourth-order valence-electron chi connectivity index (χ4n) is 2.04. The molecule has 0 fully saturated rings. The van der Waals surface area contributed by atoms with Crippen LogP contribution in [-0.2, 0) is 14.0 Å². The number of hydrogen-bond donors (Lipinski definition) is 0. The first kappa shape index (κ1) is 15.4. The molecule has 0 aromatic rings. The van der Waals surface area contributed by atoms with Gasteiger partial charge in [0.2, 0.25) is 8.32 Å². The quantitative estimate of drug-likeness (QED) is 0.374. The highest BCUT2D eigenvalue weighted by Crippen LogP contribution is 2.25. The van der Waals surface area contributed by atoms with Crippen LogP contribution in [0.15, 0.2) is 12.7 Å². The Morgan fingerprint density at radius 3 is 2.19 bits per heavy atom. The predicted molar refractivity (Wildman–Crippen MR) is 68.7 cm³/mol. The smallest absolute Gasteiger partial charge is 0.330 e. The maximum absolute atomic E-state index is 11.3. The van der Waals surface area contributed by atoms with Crippen molar-refractivity contribution in [3.63, 3.8) is 0 Å². The molecular formula is C12H24O3Si. The SMILES string of the molecule is C=CC(=O)OC(CC)[Si](CC)(CC)OCC. The van der Waals surface area contributed by atoms with Gasteiger partial charge in [0.15, 0.2) is 0 Å². The van der Waals surface area contributed by atoms with Gasteiger partial charge in [0.1, 0.15) is 5.73 Å². The van der Waals surface area contributed by atoms with Gasteiger partial charge in [0, 0.05) is 12.7 Å². The zero-order valence-electron chi connectivity index (χ0n) is 10.9. The molecule has 1 atom stereocenters. The Morgan fingerprint density at radius 1 is 1.31 bits per heavy atom. The molecule has 4 heteroatoms. The first-order valence-corrected chi connectivity index (χ1v) is 8.47. The van der Waals surface area contributed by atoms with Crippen LogP contribution in [0.3, 0.4) is 0 Å². The van der Waals surface area contributed by atoms with Crippen molar-refractivity contribution in [2.24, 2.45) is 0 Å². The molecule has 3 nitrogen and oxygen atoms in total. The third kappa shape index (κ3) is 3.76. The lowest BCUT2D eigenvalue weighted by Gasteiger charge is -2.35. The Balaban J connectivity index is 4.81. The summed E-state index contributed by atoms with van der Waals surface area (Å²) in [4.78, 5) is 11.3. The third-order valence-electron chi connectivity index (χ3n) is 3.01. The molecule has 0 bridgehead atoms. The van der Waals surface area contributed by atoms with Gasteiger partial charge in [0.05, 0.1) is 0 Å². The minimum Gasteiger partial charge on any atom is -0.460 e. The van der Waals surface area contributed by atoms with Gasteiger partial charge in [-0.2, -0.15) is 0 Å². The summed E-state index contributed by atoms with van der Waals surface area (Å²) in [5.74, 6) is -0.342. The van der Waals surface area contributed by atoms with E-state index in [1.54, 1.807) is 0 Å². The van der Waals surface area contributed by atoms with Gasteiger partial charge >= 0.3 is 5.97 Å². The highest BCUT2D eigenvalue weighted by Gasteiger charge is 2.41. The molecule has 0 N–H and O–H groups in total. The van der Waals surface area contributed by atoms with Crippen molar-refractivity contribution in [3.8, 4) is 0 Å². The molecule has 94 valence electrons. The van der Waals surface area contributed by atoms with Gasteiger partial charge in [-0.1, -0.05) is 27.4 Å². The van der Waals surface area contributed by atoms with Gasteiger partial charge in [0.25, 0.3) is 0 Å². The zero-order chi connectivity index (χ0) is 12.6. The van der Waals surface area contributed by atoms with E-state index in [1.165, 1.54) is 6.08 Å². The van der Waals surface area contributed by atoms with E-state index in [0.29, 0.717) is 6.61 Å². The van der Waals surface area contributed by atoms with Crippen LogP contribution < -0.4 is 0 Å². The maximum atomic E-state index is 11.3. The Kier molecular flexibility index (Phi) is 7.33. The molecule has 0 aliphatic rings. The van der Waals surface area contributed by atoms with Gasteiger partial charge in [-0.3, -0.25) is 0 Å². The second-order valence-corrected chi connectivity index (χ2v) is 8.22. The van der Waals surface area contributed by atoms with E-state index >= 15 is 0 Å². The van der Waals surface area contributed by atoms with Crippen molar-refractivity contribution in [3.05, 3.63) is 12.7 Å². The van der Waals surface area contributed by atoms with Gasteiger partial charge < -0.3 is 9.16 Å². The summed E-state index contributed by atoms with van der Waals surface area (Å²) < 4.78 is 11.4. The third-order valence-corrected chi connectivity index (χ3v) is 7.97. The molecule has 0 aromatic carbocycles. The molecule has 0 radical (unpaired) electrons. The largest absolute Gasteiger partial charge is 0.460 e. The van der Waals surface area contributed by atoms with E-state index in [-0.39, 0.29) is 11.7 Å². The monoisotopic (exact) mass is 244 g/mol. The lowest BCUT2D eigenvalue weighted by Crippen LogP contribution is -2.51. The molecule has 0 heterocycles. The summed E-state index contributed by atoms with van der Waals surface area (Å²) in [6.07, 6.45) is 2.03. The van der Waals surface area contributed by atoms with Gasteiger partial charge in [-0.25, -0.2) is 4.79 Å². The lowest BCUT2D eigenvalue weighted by atomic mass is 10.5. The number of esters is 1. The van der Waals surface area contributed by atoms with Crippen LogP contribution in [0, 0.1) is 0 Å². The van der Waals surface area contributed by atoms with Crippen molar-refractivity contribution in [2.45, 2.75) is 51.9 Å².